The first-order chi connectivity index (χ1) is 21.4. The maximum atomic E-state index is 13.8. The molecule has 1 amide bonds. The summed E-state index contributed by atoms with van der Waals surface area (Å²) in [6.07, 6.45) is 4.42. The fourth-order valence-electron chi connectivity index (χ4n) is 6.91. The quantitative estimate of drug-likeness (QED) is 0.332. The van der Waals surface area contributed by atoms with Crippen LogP contribution in [0, 0.1) is 11.3 Å². The Bertz CT molecular complexity index is 1650. The van der Waals surface area contributed by atoms with Crippen molar-refractivity contribution in [1.82, 2.24) is 19.8 Å². The average Bonchev–Trinajstić information content (AvgIpc) is 3.84. The van der Waals surface area contributed by atoms with E-state index in [1.54, 1.807) is 0 Å². The Hall–Kier alpha value is -3.94. The first-order valence-corrected chi connectivity index (χ1v) is 15.8. The molecule has 2 saturated heterocycles. The Labute approximate surface area is 261 Å². The molecule has 2 atom stereocenters. The van der Waals surface area contributed by atoms with Crippen LogP contribution in [-0.2, 0) is 17.8 Å². The highest BCUT2D eigenvalue weighted by atomic mass is 35.5. The van der Waals surface area contributed by atoms with Gasteiger partial charge in [-0.05, 0) is 43.2 Å². The molecule has 2 aromatic carbocycles. The zero-order valence-corrected chi connectivity index (χ0v) is 25.3. The van der Waals surface area contributed by atoms with Crippen LogP contribution < -0.4 is 14.5 Å². The molecule has 7 rings (SSSR count). The molecule has 4 aliphatic rings. The van der Waals surface area contributed by atoms with Gasteiger partial charge < -0.3 is 19.4 Å². The fourth-order valence-corrected chi connectivity index (χ4v) is 7.19. The minimum absolute atomic E-state index is 0.0838. The number of carbonyl (C=O) groups is 1. The number of hydrogen-bond acceptors (Lipinski definition) is 8. The Kier molecular flexibility index (Phi) is 7.77. The zero-order chi connectivity index (χ0) is 30.4. The molecule has 1 saturated carbocycles. The van der Waals surface area contributed by atoms with E-state index in [1.165, 1.54) is 17.7 Å². The van der Waals surface area contributed by atoms with Crippen molar-refractivity contribution in [3.8, 4) is 12.1 Å². The van der Waals surface area contributed by atoms with E-state index in [-0.39, 0.29) is 13.0 Å². The number of piperazine rings is 1. The molecule has 4 heterocycles. The number of rotatable bonds is 8. The molecular formula is C33H35ClFN7O2. The van der Waals surface area contributed by atoms with E-state index in [1.807, 2.05) is 12.1 Å². The van der Waals surface area contributed by atoms with E-state index < -0.39 is 17.8 Å². The third kappa shape index (κ3) is 5.44. The van der Waals surface area contributed by atoms with E-state index >= 15 is 0 Å². The second-order valence-electron chi connectivity index (χ2n) is 12.1. The van der Waals surface area contributed by atoms with Crippen LogP contribution in [0.25, 0.3) is 10.8 Å². The molecule has 1 unspecified atom stereocenters. The highest BCUT2D eigenvalue weighted by Crippen LogP contribution is 2.38. The first-order valence-electron chi connectivity index (χ1n) is 15.4. The van der Waals surface area contributed by atoms with Crippen LogP contribution in [0.15, 0.2) is 48.8 Å². The van der Waals surface area contributed by atoms with Crippen molar-refractivity contribution in [2.45, 2.75) is 56.8 Å². The molecule has 0 spiro atoms. The number of halogens is 2. The third-order valence-electron chi connectivity index (χ3n) is 9.41. The first kappa shape index (κ1) is 28.8. The molecule has 3 fully saturated rings. The minimum Gasteiger partial charge on any atom is -0.462 e. The van der Waals surface area contributed by atoms with Crippen molar-refractivity contribution >= 4 is 39.8 Å². The summed E-state index contributed by atoms with van der Waals surface area (Å²) < 4.78 is 20.1. The summed E-state index contributed by atoms with van der Waals surface area (Å²) in [7, 11) is 0. The predicted octanol–water partition coefficient (Wildman–Crippen LogP) is 4.88. The number of hydrogen-bond donors (Lipinski definition) is 0. The highest BCUT2D eigenvalue weighted by molar-refractivity contribution is 6.36. The van der Waals surface area contributed by atoms with Crippen molar-refractivity contribution in [2.75, 3.05) is 49.1 Å². The van der Waals surface area contributed by atoms with Gasteiger partial charge in [0.1, 0.15) is 12.4 Å². The summed E-state index contributed by atoms with van der Waals surface area (Å²) in [4.78, 5) is 30.8. The second kappa shape index (κ2) is 11.9. The molecule has 0 bridgehead atoms. The molecule has 44 heavy (non-hydrogen) atoms. The van der Waals surface area contributed by atoms with E-state index in [0.29, 0.717) is 55.8 Å². The van der Waals surface area contributed by atoms with Gasteiger partial charge in [0.15, 0.2) is 5.83 Å². The molecule has 1 aromatic heterocycles. The topological polar surface area (TPSA) is 88.8 Å². The van der Waals surface area contributed by atoms with E-state index in [2.05, 4.69) is 51.6 Å². The number of benzene rings is 2. The number of carbonyl (C=O) groups excluding carboxylic acids is 1. The third-order valence-corrected chi connectivity index (χ3v) is 9.72. The maximum Gasteiger partial charge on any atom is 0.318 e. The number of ether oxygens (including phenoxy) is 1. The van der Waals surface area contributed by atoms with E-state index in [0.717, 1.165) is 53.0 Å². The van der Waals surface area contributed by atoms with Crippen molar-refractivity contribution in [2.24, 2.45) is 0 Å². The van der Waals surface area contributed by atoms with Gasteiger partial charge in [-0.1, -0.05) is 42.4 Å². The predicted molar refractivity (Wildman–Crippen MR) is 168 cm³/mol. The summed E-state index contributed by atoms with van der Waals surface area (Å²) in [5.74, 6) is -1.01. The molecule has 9 nitrogen and oxygen atoms in total. The molecule has 3 aliphatic heterocycles. The van der Waals surface area contributed by atoms with Gasteiger partial charge in [-0.2, -0.15) is 15.2 Å². The van der Waals surface area contributed by atoms with Crippen molar-refractivity contribution in [3.63, 3.8) is 0 Å². The smallest absolute Gasteiger partial charge is 0.318 e. The number of aromatic nitrogens is 2. The van der Waals surface area contributed by atoms with Crippen LogP contribution in [0.1, 0.15) is 36.9 Å². The second-order valence-corrected chi connectivity index (χ2v) is 12.5. The van der Waals surface area contributed by atoms with Crippen LogP contribution in [0.3, 0.4) is 0 Å². The lowest BCUT2D eigenvalue weighted by atomic mass is 10.0. The normalized spacial score (nSPS) is 21.9. The monoisotopic (exact) mass is 615 g/mol. The van der Waals surface area contributed by atoms with Gasteiger partial charge in [-0.15, -0.1) is 0 Å². The molecule has 0 N–H and O–H groups in total. The standard InChI is InChI=1S/C33H35ClFN7O2/c1-21(35)32(43)42-17-16-40(18-24(42)10-13-36)31-26-12-14-39(29-7-3-5-22-4-2-6-27(34)30(22)29)19-28(26)37-33(38-31)44-20-25-11-15-41(25)23-8-9-23/h2-7,23-25H,1,8-12,14-20H2/t24-,25?/m0/s1. The van der Waals surface area contributed by atoms with Gasteiger partial charge in [0.25, 0.3) is 5.91 Å². The van der Waals surface area contributed by atoms with Gasteiger partial charge in [0.05, 0.1) is 35.8 Å². The lowest BCUT2D eigenvalue weighted by molar-refractivity contribution is -0.131. The Balaban J connectivity index is 1.20. The Morgan fingerprint density at radius 1 is 1.07 bits per heavy atom. The lowest BCUT2D eigenvalue weighted by Gasteiger charge is -2.42. The Morgan fingerprint density at radius 3 is 2.61 bits per heavy atom. The number of nitriles is 1. The van der Waals surface area contributed by atoms with Crippen LogP contribution in [0.5, 0.6) is 6.01 Å². The summed E-state index contributed by atoms with van der Waals surface area (Å²) in [5.41, 5.74) is 2.98. The molecule has 0 radical (unpaired) electrons. The molecule has 228 valence electrons. The number of anilines is 2. The largest absolute Gasteiger partial charge is 0.462 e. The van der Waals surface area contributed by atoms with Crippen molar-refractivity contribution < 1.29 is 13.9 Å². The average molecular weight is 616 g/mol. The van der Waals surface area contributed by atoms with Gasteiger partial charge in [-0.3, -0.25) is 9.69 Å². The number of likely N-dealkylation sites (tertiary alicyclic amines) is 1. The van der Waals surface area contributed by atoms with Crippen LogP contribution in [-0.4, -0.2) is 83.1 Å². The maximum absolute atomic E-state index is 13.8. The SMILES string of the molecule is C=C(F)C(=O)N1CCN(c2nc(OCC3CCN3C3CC3)nc3c2CCN(c2cccc4cccc(Cl)c24)C3)C[C@@H]1CC#N. The molecular weight excluding hydrogens is 581 g/mol. The summed E-state index contributed by atoms with van der Waals surface area (Å²) in [5, 5.41) is 12.3. The molecule has 11 heteroatoms. The fraction of sp³-hybridized carbons (Fsp3) is 0.455. The van der Waals surface area contributed by atoms with Crippen LogP contribution in [0.4, 0.5) is 15.9 Å². The number of fused-ring (bicyclic) bond motifs is 2. The van der Waals surface area contributed by atoms with Crippen LogP contribution >= 0.6 is 11.6 Å². The highest BCUT2D eigenvalue weighted by Gasteiger charge is 2.40. The minimum atomic E-state index is -1.01. The van der Waals surface area contributed by atoms with Crippen molar-refractivity contribution in [3.05, 3.63) is 65.1 Å². The van der Waals surface area contributed by atoms with Crippen molar-refractivity contribution in [1.29, 1.82) is 5.26 Å². The van der Waals surface area contributed by atoms with Gasteiger partial charge in [-0.25, -0.2) is 4.39 Å². The zero-order valence-electron chi connectivity index (χ0n) is 24.6. The van der Waals surface area contributed by atoms with E-state index in [9.17, 15) is 14.4 Å². The lowest BCUT2D eigenvalue weighted by Crippen LogP contribution is -2.56. The number of nitrogens with zero attached hydrogens (tertiary/aromatic N) is 7. The van der Waals surface area contributed by atoms with Crippen LogP contribution in [0.2, 0.25) is 5.02 Å². The van der Waals surface area contributed by atoms with Gasteiger partial charge >= 0.3 is 6.01 Å². The number of amides is 1. The summed E-state index contributed by atoms with van der Waals surface area (Å²) >= 11 is 6.69. The Morgan fingerprint density at radius 2 is 1.89 bits per heavy atom. The van der Waals surface area contributed by atoms with Gasteiger partial charge in [0.2, 0.25) is 0 Å². The van der Waals surface area contributed by atoms with E-state index in [4.69, 9.17) is 26.3 Å². The summed E-state index contributed by atoms with van der Waals surface area (Å²) in [6.45, 7) is 7.22. The molecule has 3 aromatic rings. The van der Waals surface area contributed by atoms with Gasteiger partial charge in [0, 0.05) is 61.4 Å². The summed E-state index contributed by atoms with van der Waals surface area (Å²) in [6, 6.07) is 15.3. The molecule has 1 aliphatic carbocycles.